The van der Waals surface area contributed by atoms with Crippen LogP contribution < -0.4 is 5.32 Å². The third-order valence-electron chi connectivity index (χ3n) is 3.40. The zero-order valence-electron chi connectivity index (χ0n) is 9.99. The molecule has 4 nitrogen and oxygen atoms in total. The predicted octanol–water partition coefficient (Wildman–Crippen LogP) is 2.39. The zero-order valence-corrected chi connectivity index (χ0v) is 11.6. The number of hydrogen-bond donors (Lipinski definition) is 2. The standard InChI is InChI=1S/C13H15BrN4/c14-10-2-3-11-9(7-10)1-4-12(11)15-6-5-13-16-8-17-18-13/h2-3,7-8,12,15H,1,4-6H2,(H,16,17,18). The molecule has 1 atom stereocenters. The Balaban J connectivity index is 1.59. The molecule has 1 unspecified atom stereocenters. The van der Waals surface area contributed by atoms with Crippen molar-refractivity contribution in [3.63, 3.8) is 0 Å². The van der Waals surface area contributed by atoms with Gasteiger partial charge in [-0.2, -0.15) is 5.10 Å². The molecule has 1 aliphatic rings. The summed E-state index contributed by atoms with van der Waals surface area (Å²) in [7, 11) is 0. The molecule has 0 bridgehead atoms. The highest BCUT2D eigenvalue weighted by atomic mass is 79.9. The van der Waals surface area contributed by atoms with Gasteiger partial charge in [-0.15, -0.1) is 0 Å². The molecule has 0 fully saturated rings. The zero-order chi connectivity index (χ0) is 12.4. The maximum Gasteiger partial charge on any atom is 0.137 e. The largest absolute Gasteiger partial charge is 0.309 e. The van der Waals surface area contributed by atoms with Crippen LogP contribution in [0.15, 0.2) is 29.0 Å². The van der Waals surface area contributed by atoms with Crippen molar-refractivity contribution in [1.29, 1.82) is 0 Å². The molecule has 0 amide bonds. The van der Waals surface area contributed by atoms with Crippen LogP contribution in [0.3, 0.4) is 0 Å². The van der Waals surface area contributed by atoms with E-state index in [9.17, 15) is 0 Å². The van der Waals surface area contributed by atoms with Gasteiger partial charge in [0.05, 0.1) is 0 Å². The molecule has 94 valence electrons. The van der Waals surface area contributed by atoms with E-state index in [1.165, 1.54) is 22.0 Å². The fourth-order valence-electron chi connectivity index (χ4n) is 2.51. The number of nitrogens with zero attached hydrogens (tertiary/aromatic N) is 2. The first-order valence-corrected chi connectivity index (χ1v) is 6.98. The molecule has 18 heavy (non-hydrogen) atoms. The summed E-state index contributed by atoms with van der Waals surface area (Å²) >= 11 is 3.52. The number of benzene rings is 1. The van der Waals surface area contributed by atoms with E-state index in [1.807, 2.05) is 0 Å². The Kier molecular flexibility index (Phi) is 3.43. The number of hydrogen-bond acceptors (Lipinski definition) is 3. The fourth-order valence-corrected chi connectivity index (χ4v) is 2.92. The van der Waals surface area contributed by atoms with E-state index >= 15 is 0 Å². The van der Waals surface area contributed by atoms with E-state index in [0.29, 0.717) is 6.04 Å². The Morgan fingerprint density at radius 3 is 3.22 bits per heavy atom. The second-order valence-electron chi connectivity index (χ2n) is 4.57. The molecule has 3 rings (SSSR count). The van der Waals surface area contributed by atoms with E-state index in [-0.39, 0.29) is 0 Å². The maximum atomic E-state index is 4.12. The molecule has 0 aliphatic heterocycles. The molecule has 1 aliphatic carbocycles. The van der Waals surface area contributed by atoms with Gasteiger partial charge >= 0.3 is 0 Å². The van der Waals surface area contributed by atoms with Gasteiger partial charge in [0, 0.05) is 23.5 Å². The van der Waals surface area contributed by atoms with Gasteiger partial charge in [0.25, 0.3) is 0 Å². The number of aryl methyl sites for hydroxylation is 1. The minimum absolute atomic E-state index is 0.482. The van der Waals surface area contributed by atoms with E-state index in [4.69, 9.17) is 0 Å². The summed E-state index contributed by atoms with van der Waals surface area (Å²) in [4.78, 5) is 4.12. The molecule has 0 spiro atoms. The lowest BCUT2D eigenvalue weighted by Crippen LogP contribution is -2.22. The molecule has 1 aromatic carbocycles. The van der Waals surface area contributed by atoms with Crippen LogP contribution in [-0.2, 0) is 12.8 Å². The van der Waals surface area contributed by atoms with Gasteiger partial charge in [-0.1, -0.05) is 22.0 Å². The van der Waals surface area contributed by atoms with Gasteiger partial charge in [0.15, 0.2) is 0 Å². The highest BCUT2D eigenvalue weighted by Crippen LogP contribution is 2.32. The molecular weight excluding hydrogens is 292 g/mol. The summed E-state index contributed by atoms with van der Waals surface area (Å²) in [5.41, 5.74) is 2.90. The Hall–Kier alpha value is -1.20. The monoisotopic (exact) mass is 306 g/mol. The summed E-state index contributed by atoms with van der Waals surface area (Å²) < 4.78 is 1.17. The average molecular weight is 307 g/mol. The van der Waals surface area contributed by atoms with Crippen LogP contribution in [0.4, 0.5) is 0 Å². The lowest BCUT2D eigenvalue weighted by Gasteiger charge is -2.13. The van der Waals surface area contributed by atoms with Crippen LogP contribution in [0, 0.1) is 0 Å². The van der Waals surface area contributed by atoms with E-state index in [1.54, 1.807) is 6.33 Å². The topological polar surface area (TPSA) is 53.6 Å². The molecule has 0 saturated heterocycles. The van der Waals surface area contributed by atoms with Crippen molar-refractivity contribution in [2.45, 2.75) is 25.3 Å². The first-order valence-electron chi connectivity index (χ1n) is 6.19. The Labute approximate surface area is 114 Å². The average Bonchev–Trinajstić information content (AvgIpc) is 2.99. The lowest BCUT2D eigenvalue weighted by molar-refractivity contribution is 0.529. The number of halogens is 1. The molecular formula is C13H15BrN4. The predicted molar refractivity (Wildman–Crippen MR) is 73.3 cm³/mol. The van der Waals surface area contributed by atoms with Crippen molar-refractivity contribution in [2.75, 3.05) is 6.54 Å². The van der Waals surface area contributed by atoms with Crippen molar-refractivity contribution in [2.24, 2.45) is 0 Å². The van der Waals surface area contributed by atoms with E-state index in [0.717, 1.165) is 25.2 Å². The van der Waals surface area contributed by atoms with Crippen LogP contribution in [-0.4, -0.2) is 21.7 Å². The fraction of sp³-hybridized carbons (Fsp3) is 0.385. The van der Waals surface area contributed by atoms with Crippen molar-refractivity contribution in [1.82, 2.24) is 20.5 Å². The van der Waals surface area contributed by atoms with E-state index < -0.39 is 0 Å². The number of fused-ring (bicyclic) bond motifs is 1. The number of nitrogens with one attached hydrogen (secondary N) is 2. The van der Waals surface area contributed by atoms with Gasteiger partial charge < -0.3 is 5.32 Å². The van der Waals surface area contributed by atoms with E-state index in [2.05, 4.69) is 54.6 Å². The number of rotatable bonds is 4. The van der Waals surface area contributed by atoms with Gasteiger partial charge in [-0.3, -0.25) is 5.10 Å². The van der Waals surface area contributed by atoms with Gasteiger partial charge in [0.2, 0.25) is 0 Å². The van der Waals surface area contributed by atoms with Crippen LogP contribution in [0.5, 0.6) is 0 Å². The number of aromatic amines is 1. The summed E-state index contributed by atoms with van der Waals surface area (Å²) in [5, 5.41) is 10.3. The summed E-state index contributed by atoms with van der Waals surface area (Å²) in [5.74, 6) is 0.941. The van der Waals surface area contributed by atoms with Gasteiger partial charge in [-0.25, -0.2) is 4.98 Å². The SMILES string of the molecule is Brc1ccc2c(c1)CCC2NCCc1ncn[nH]1. The first-order chi connectivity index (χ1) is 8.83. The van der Waals surface area contributed by atoms with Crippen LogP contribution in [0.1, 0.15) is 29.4 Å². The molecule has 0 radical (unpaired) electrons. The quantitative estimate of drug-likeness (QED) is 0.912. The molecule has 0 saturated carbocycles. The summed E-state index contributed by atoms with van der Waals surface area (Å²) in [6.07, 6.45) is 4.79. The Bertz CT molecular complexity index is 524. The minimum Gasteiger partial charge on any atom is -0.309 e. The van der Waals surface area contributed by atoms with Crippen LogP contribution >= 0.6 is 15.9 Å². The van der Waals surface area contributed by atoms with Crippen LogP contribution in [0.2, 0.25) is 0 Å². The Morgan fingerprint density at radius 1 is 1.44 bits per heavy atom. The first kappa shape index (κ1) is 11.9. The highest BCUT2D eigenvalue weighted by molar-refractivity contribution is 9.10. The Morgan fingerprint density at radius 2 is 2.39 bits per heavy atom. The van der Waals surface area contributed by atoms with Crippen molar-refractivity contribution < 1.29 is 0 Å². The van der Waals surface area contributed by atoms with Crippen molar-refractivity contribution >= 4 is 15.9 Å². The molecule has 2 N–H and O–H groups in total. The van der Waals surface area contributed by atoms with Crippen LogP contribution in [0.25, 0.3) is 0 Å². The second-order valence-corrected chi connectivity index (χ2v) is 5.49. The second kappa shape index (κ2) is 5.20. The molecule has 2 aromatic rings. The molecule has 1 aromatic heterocycles. The van der Waals surface area contributed by atoms with Crippen molar-refractivity contribution in [3.05, 3.63) is 46.0 Å². The molecule has 1 heterocycles. The minimum atomic E-state index is 0.482. The third-order valence-corrected chi connectivity index (χ3v) is 3.89. The number of aromatic nitrogens is 3. The normalized spacial score (nSPS) is 17.9. The third kappa shape index (κ3) is 2.47. The number of H-pyrrole nitrogens is 1. The lowest BCUT2D eigenvalue weighted by atomic mass is 10.1. The highest BCUT2D eigenvalue weighted by Gasteiger charge is 2.21. The maximum absolute atomic E-state index is 4.12. The smallest absolute Gasteiger partial charge is 0.137 e. The van der Waals surface area contributed by atoms with Gasteiger partial charge in [0.1, 0.15) is 12.2 Å². The summed E-state index contributed by atoms with van der Waals surface area (Å²) in [6.45, 7) is 0.926. The van der Waals surface area contributed by atoms with Crippen molar-refractivity contribution in [3.8, 4) is 0 Å². The molecule has 5 heteroatoms. The van der Waals surface area contributed by atoms with Gasteiger partial charge in [-0.05, 0) is 36.1 Å². The summed E-state index contributed by atoms with van der Waals surface area (Å²) in [6, 6.07) is 7.05.